The Hall–Kier alpha value is -2.76. The summed E-state index contributed by atoms with van der Waals surface area (Å²) >= 11 is 0. The van der Waals surface area contributed by atoms with Crippen molar-refractivity contribution in [2.45, 2.75) is 20.3 Å². The molecule has 0 unspecified atom stereocenters. The van der Waals surface area contributed by atoms with Crippen LogP contribution in [0.3, 0.4) is 0 Å². The van der Waals surface area contributed by atoms with Crippen LogP contribution in [0.2, 0.25) is 0 Å². The lowest BCUT2D eigenvalue weighted by atomic mass is 10.1. The molecule has 0 atom stereocenters. The monoisotopic (exact) mass is 299 g/mol. The van der Waals surface area contributed by atoms with Crippen LogP contribution in [0.15, 0.2) is 30.5 Å². The Morgan fingerprint density at radius 1 is 1.27 bits per heavy atom. The molecule has 1 aromatic carbocycles. The van der Waals surface area contributed by atoms with Gasteiger partial charge in [-0.15, -0.1) is 0 Å². The molecule has 6 nitrogen and oxygen atoms in total. The van der Waals surface area contributed by atoms with E-state index in [2.05, 4.69) is 15.3 Å². The number of rotatable bonds is 5. The quantitative estimate of drug-likeness (QED) is 0.877. The van der Waals surface area contributed by atoms with E-state index in [1.807, 2.05) is 6.07 Å². The maximum absolute atomic E-state index is 12.1. The number of carboxylic acid groups (broad SMARTS) is 1. The molecule has 2 N–H and O–H groups in total. The van der Waals surface area contributed by atoms with E-state index in [0.29, 0.717) is 30.0 Å². The summed E-state index contributed by atoms with van der Waals surface area (Å²) in [6.45, 7) is 3.94. The summed E-state index contributed by atoms with van der Waals surface area (Å²) in [5, 5.41) is 11.7. The Morgan fingerprint density at radius 3 is 2.73 bits per heavy atom. The van der Waals surface area contributed by atoms with Crippen LogP contribution in [0.5, 0.6) is 0 Å². The van der Waals surface area contributed by atoms with Crippen molar-refractivity contribution in [3.05, 3.63) is 58.7 Å². The Bertz CT molecular complexity index is 714. The molecular weight excluding hydrogens is 282 g/mol. The van der Waals surface area contributed by atoms with E-state index in [1.165, 1.54) is 12.3 Å². The van der Waals surface area contributed by atoms with Crippen LogP contribution in [0.4, 0.5) is 0 Å². The number of amides is 1. The van der Waals surface area contributed by atoms with Gasteiger partial charge in [-0.3, -0.25) is 4.79 Å². The largest absolute Gasteiger partial charge is 0.478 e. The number of carboxylic acids is 1. The molecule has 2 aromatic rings. The highest BCUT2D eigenvalue weighted by Crippen LogP contribution is 2.07. The van der Waals surface area contributed by atoms with Gasteiger partial charge in [-0.2, -0.15) is 0 Å². The minimum Gasteiger partial charge on any atom is -0.478 e. The molecule has 0 aliphatic carbocycles. The van der Waals surface area contributed by atoms with Crippen LogP contribution in [0.1, 0.15) is 37.8 Å². The fourth-order valence-electron chi connectivity index (χ4n) is 2.08. The van der Waals surface area contributed by atoms with Gasteiger partial charge in [0.25, 0.3) is 5.91 Å². The van der Waals surface area contributed by atoms with Crippen LogP contribution < -0.4 is 5.32 Å². The van der Waals surface area contributed by atoms with Gasteiger partial charge in [0.2, 0.25) is 0 Å². The van der Waals surface area contributed by atoms with Crippen LogP contribution in [-0.2, 0) is 6.42 Å². The molecule has 1 heterocycles. The summed E-state index contributed by atoms with van der Waals surface area (Å²) in [4.78, 5) is 31.1. The van der Waals surface area contributed by atoms with E-state index in [4.69, 9.17) is 5.11 Å². The van der Waals surface area contributed by atoms with E-state index in [-0.39, 0.29) is 11.5 Å². The summed E-state index contributed by atoms with van der Waals surface area (Å²) in [6, 6.07) is 6.67. The van der Waals surface area contributed by atoms with Crippen LogP contribution in [-0.4, -0.2) is 33.5 Å². The van der Waals surface area contributed by atoms with E-state index in [9.17, 15) is 9.59 Å². The predicted molar refractivity (Wildman–Crippen MR) is 80.9 cm³/mol. The van der Waals surface area contributed by atoms with Crippen molar-refractivity contribution in [2.75, 3.05) is 6.54 Å². The number of benzene rings is 1. The average molecular weight is 299 g/mol. The lowest BCUT2D eigenvalue weighted by Crippen LogP contribution is -2.27. The second kappa shape index (κ2) is 6.80. The highest BCUT2D eigenvalue weighted by Gasteiger charge is 2.10. The van der Waals surface area contributed by atoms with E-state index >= 15 is 0 Å². The summed E-state index contributed by atoms with van der Waals surface area (Å²) in [5.41, 5.74) is 2.19. The van der Waals surface area contributed by atoms with Crippen molar-refractivity contribution in [3.63, 3.8) is 0 Å². The normalized spacial score (nSPS) is 10.3. The number of carbonyl (C=O) groups excluding carboxylic acids is 1. The molecule has 0 aliphatic heterocycles. The molecule has 0 fully saturated rings. The van der Waals surface area contributed by atoms with Crippen LogP contribution >= 0.6 is 0 Å². The number of nitrogens with zero attached hydrogens (tertiary/aromatic N) is 2. The smallest absolute Gasteiger partial charge is 0.335 e. The lowest BCUT2D eigenvalue weighted by Gasteiger charge is -2.08. The first-order valence-electron chi connectivity index (χ1n) is 6.88. The Labute approximate surface area is 128 Å². The molecule has 0 aliphatic rings. The van der Waals surface area contributed by atoms with Gasteiger partial charge in [0.15, 0.2) is 0 Å². The molecule has 0 saturated heterocycles. The average Bonchev–Trinajstić information content (AvgIpc) is 2.47. The number of aromatic carboxylic acids is 1. The first kappa shape index (κ1) is 15.6. The molecule has 0 bridgehead atoms. The molecule has 22 heavy (non-hydrogen) atoms. The second-order valence-electron chi connectivity index (χ2n) is 4.93. The summed E-state index contributed by atoms with van der Waals surface area (Å²) in [6.07, 6.45) is 2.07. The van der Waals surface area contributed by atoms with Crippen molar-refractivity contribution in [3.8, 4) is 0 Å². The Kier molecular flexibility index (Phi) is 4.83. The highest BCUT2D eigenvalue weighted by atomic mass is 16.4. The third-order valence-electron chi connectivity index (χ3n) is 3.22. The van der Waals surface area contributed by atoms with Gasteiger partial charge >= 0.3 is 5.97 Å². The highest BCUT2D eigenvalue weighted by molar-refractivity contribution is 5.94. The molecule has 114 valence electrons. The third-order valence-corrected chi connectivity index (χ3v) is 3.22. The number of carbonyl (C=O) groups is 2. The molecule has 1 aromatic heterocycles. The lowest BCUT2D eigenvalue weighted by molar-refractivity contribution is 0.0696. The topological polar surface area (TPSA) is 92.2 Å². The number of nitrogens with one attached hydrogen (secondary N) is 1. The molecule has 0 spiro atoms. The molecule has 6 heteroatoms. The van der Waals surface area contributed by atoms with Gasteiger partial charge in [0.05, 0.1) is 16.8 Å². The minimum absolute atomic E-state index is 0.230. The number of hydrogen-bond donors (Lipinski definition) is 2. The SMILES string of the molecule is Cc1ncc(C(=O)NCCc2cccc(C(=O)O)c2)c(C)n1. The Morgan fingerprint density at radius 2 is 2.05 bits per heavy atom. The molecule has 1 amide bonds. The zero-order valence-electron chi connectivity index (χ0n) is 12.5. The first-order valence-corrected chi connectivity index (χ1v) is 6.88. The summed E-state index contributed by atoms with van der Waals surface area (Å²) < 4.78 is 0. The predicted octanol–water partition coefficient (Wildman–Crippen LogP) is 1.76. The maximum atomic E-state index is 12.1. The van der Waals surface area contributed by atoms with Crippen molar-refractivity contribution < 1.29 is 14.7 Å². The summed E-state index contributed by atoms with van der Waals surface area (Å²) in [7, 11) is 0. The van der Waals surface area contributed by atoms with Gasteiger partial charge in [-0.1, -0.05) is 12.1 Å². The molecular formula is C16H17N3O3. The third kappa shape index (κ3) is 3.88. The van der Waals surface area contributed by atoms with Gasteiger partial charge in [0, 0.05) is 12.7 Å². The van der Waals surface area contributed by atoms with E-state index in [1.54, 1.807) is 26.0 Å². The summed E-state index contributed by atoms with van der Waals surface area (Å²) in [5.74, 6) is -0.565. The van der Waals surface area contributed by atoms with Crippen molar-refractivity contribution in [1.82, 2.24) is 15.3 Å². The van der Waals surface area contributed by atoms with Crippen molar-refractivity contribution in [2.24, 2.45) is 0 Å². The van der Waals surface area contributed by atoms with Crippen molar-refractivity contribution >= 4 is 11.9 Å². The maximum Gasteiger partial charge on any atom is 0.335 e. The van der Waals surface area contributed by atoms with Crippen molar-refractivity contribution in [1.29, 1.82) is 0 Å². The number of hydrogen-bond acceptors (Lipinski definition) is 4. The van der Waals surface area contributed by atoms with Gasteiger partial charge < -0.3 is 10.4 Å². The second-order valence-corrected chi connectivity index (χ2v) is 4.93. The van der Waals surface area contributed by atoms with Crippen LogP contribution in [0.25, 0.3) is 0 Å². The number of aromatic nitrogens is 2. The fraction of sp³-hybridized carbons (Fsp3) is 0.250. The van der Waals surface area contributed by atoms with E-state index in [0.717, 1.165) is 5.56 Å². The molecule has 2 rings (SSSR count). The first-order chi connectivity index (χ1) is 10.5. The minimum atomic E-state index is -0.960. The van der Waals surface area contributed by atoms with Gasteiger partial charge in [-0.05, 0) is 38.0 Å². The molecule has 0 radical (unpaired) electrons. The standard InChI is InChI=1S/C16H17N3O3/c1-10-14(9-18-11(2)19-10)15(20)17-7-6-12-4-3-5-13(8-12)16(21)22/h3-5,8-9H,6-7H2,1-2H3,(H,17,20)(H,21,22). The fourth-order valence-corrected chi connectivity index (χ4v) is 2.08. The van der Waals surface area contributed by atoms with Crippen LogP contribution in [0, 0.1) is 13.8 Å². The van der Waals surface area contributed by atoms with E-state index < -0.39 is 5.97 Å². The van der Waals surface area contributed by atoms with Gasteiger partial charge in [-0.25, -0.2) is 14.8 Å². The van der Waals surface area contributed by atoms with Gasteiger partial charge in [0.1, 0.15) is 5.82 Å². The zero-order valence-corrected chi connectivity index (χ0v) is 12.5. The zero-order chi connectivity index (χ0) is 16.1. The molecule has 0 saturated carbocycles. The Balaban J connectivity index is 1.94. The number of aryl methyl sites for hydroxylation is 2.